The van der Waals surface area contributed by atoms with E-state index in [4.69, 9.17) is 0 Å². The minimum absolute atomic E-state index is 0.281. The summed E-state index contributed by atoms with van der Waals surface area (Å²) in [5.41, 5.74) is 0.417. The van der Waals surface area contributed by atoms with Gasteiger partial charge in [-0.1, -0.05) is 6.07 Å². The number of nitrogens with zero attached hydrogens (tertiary/aromatic N) is 2. The molecule has 1 N–H and O–H groups in total. The maximum atomic E-state index is 13.4. The van der Waals surface area contributed by atoms with E-state index >= 15 is 0 Å². The molecule has 3 nitrogen and oxygen atoms in total. The van der Waals surface area contributed by atoms with Crippen molar-refractivity contribution in [1.29, 1.82) is 0 Å². The van der Waals surface area contributed by atoms with Crippen molar-refractivity contribution in [2.45, 2.75) is 6.54 Å². The number of benzene rings is 1. The van der Waals surface area contributed by atoms with Crippen LogP contribution in [0, 0.1) is 5.82 Å². The lowest BCUT2D eigenvalue weighted by molar-refractivity contribution is 0.574. The summed E-state index contributed by atoms with van der Waals surface area (Å²) in [5, 5.41) is 8.04. The van der Waals surface area contributed by atoms with Crippen LogP contribution >= 0.6 is 15.9 Å². The fraction of sp³-hybridized carbons (Fsp3) is 0.300. The molecule has 0 fully saturated rings. The van der Waals surface area contributed by atoms with E-state index in [2.05, 4.69) is 26.3 Å². The minimum atomic E-state index is -0.281. The highest BCUT2D eigenvalue weighted by molar-refractivity contribution is 9.10. The zero-order valence-corrected chi connectivity index (χ0v) is 9.88. The Morgan fingerprint density at radius 2 is 2.33 bits per heavy atom. The van der Waals surface area contributed by atoms with Crippen molar-refractivity contribution in [2.24, 2.45) is 0 Å². The Kier molecular flexibility index (Phi) is 3.02. The average molecular weight is 272 g/mol. The quantitative estimate of drug-likeness (QED) is 0.927. The molecule has 0 aliphatic heterocycles. The van der Waals surface area contributed by atoms with Crippen LogP contribution in [0.3, 0.4) is 0 Å². The molecule has 0 bridgehead atoms. The Labute approximate surface area is 95.4 Å². The third-order valence-electron chi connectivity index (χ3n) is 2.23. The number of hydrogen-bond donors (Lipinski definition) is 1. The van der Waals surface area contributed by atoms with E-state index in [9.17, 15) is 4.39 Å². The fourth-order valence-corrected chi connectivity index (χ4v) is 2.03. The zero-order valence-electron chi connectivity index (χ0n) is 8.30. The van der Waals surface area contributed by atoms with E-state index in [0.717, 1.165) is 16.5 Å². The Hall–Kier alpha value is -0.940. The molecule has 0 saturated carbocycles. The highest BCUT2D eigenvalue weighted by Gasteiger charge is 2.10. The summed E-state index contributed by atoms with van der Waals surface area (Å²) in [6.45, 7) is 1.51. The van der Waals surface area contributed by atoms with Crippen molar-refractivity contribution < 1.29 is 4.39 Å². The summed E-state index contributed by atoms with van der Waals surface area (Å²) in [5.74, 6) is -0.281. The van der Waals surface area contributed by atoms with Gasteiger partial charge in [0.05, 0.1) is 6.54 Å². The van der Waals surface area contributed by atoms with Gasteiger partial charge in [0.2, 0.25) is 0 Å². The molecule has 0 atom stereocenters. The van der Waals surface area contributed by atoms with Gasteiger partial charge in [0.25, 0.3) is 0 Å². The van der Waals surface area contributed by atoms with E-state index in [1.807, 2.05) is 13.1 Å². The predicted octanol–water partition coefficient (Wildman–Crippen LogP) is 2.16. The molecule has 80 valence electrons. The molecule has 0 aliphatic rings. The normalized spacial score (nSPS) is 11.1. The molecule has 0 radical (unpaired) electrons. The van der Waals surface area contributed by atoms with Crippen LogP contribution in [0.4, 0.5) is 4.39 Å². The van der Waals surface area contributed by atoms with E-state index < -0.39 is 0 Å². The van der Waals surface area contributed by atoms with Gasteiger partial charge < -0.3 is 5.32 Å². The van der Waals surface area contributed by atoms with Crippen LogP contribution in [0.1, 0.15) is 0 Å². The second-order valence-corrected chi connectivity index (χ2v) is 4.00. The molecule has 0 unspecified atom stereocenters. The monoisotopic (exact) mass is 271 g/mol. The maximum absolute atomic E-state index is 13.4. The second kappa shape index (κ2) is 4.28. The van der Waals surface area contributed by atoms with E-state index in [-0.39, 0.29) is 5.82 Å². The van der Waals surface area contributed by atoms with Gasteiger partial charge in [0.1, 0.15) is 10.1 Å². The molecule has 1 heterocycles. The summed E-state index contributed by atoms with van der Waals surface area (Å²) < 4.78 is 16.0. The van der Waals surface area contributed by atoms with Crippen LogP contribution < -0.4 is 5.32 Å². The number of aromatic nitrogens is 2. The third-order valence-corrected chi connectivity index (χ3v) is 3.07. The molecule has 2 aromatic rings. The lowest BCUT2D eigenvalue weighted by Gasteiger charge is -2.01. The molecule has 2 rings (SSSR count). The van der Waals surface area contributed by atoms with Crippen LogP contribution in [0.25, 0.3) is 10.9 Å². The molecule has 0 aliphatic carbocycles. The first-order valence-corrected chi connectivity index (χ1v) is 5.48. The average Bonchev–Trinajstić information content (AvgIpc) is 2.55. The van der Waals surface area contributed by atoms with Crippen LogP contribution in [0.2, 0.25) is 0 Å². The molecule has 0 amide bonds. The van der Waals surface area contributed by atoms with Gasteiger partial charge in [0, 0.05) is 11.9 Å². The smallest absolute Gasteiger partial charge is 0.151 e. The highest BCUT2D eigenvalue weighted by atomic mass is 79.9. The van der Waals surface area contributed by atoms with Crippen molar-refractivity contribution in [3.05, 3.63) is 28.6 Å². The summed E-state index contributed by atoms with van der Waals surface area (Å²) >= 11 is 3.42. The fourth-order valence-electron chi connectivity index (χ4n) is 1.45. The first-order valence-electron chi connectivity index (χ1n) is 4.69. The standard InChI is InChI=1S/C10H11BrFN3/c1-13-5-6-15-10(11)7-3-2-4-8(12)9(7)14-15/h2-4,13H,5-6H2,1H3. The SMILES string of the molecule is CNCCn1nc2c(F)cccc2c1Br. The van der Waals surface area contributed by atoms with Crippen molar-refractivity contribution in [3.8, 4) is 0 Å². The number of fused-ring (bicyclic) bond motifs is 1. The third kappa shape index (κ3) is 1.89. The van der Waals surface area contributed by atoms with Crippen LogP contribution in [-0.2, 0) is 6.54 Å². The Bertz CT molecular complexity index is 481. The Morgan fingerprint density at radius 3 is 3.00 bits per heavy atom. The molecule has 15 heavy (non-hydrogen) atoms. The van der Waals surface area contributed by atoms with Crippen molar-refractivity contribution in [2.75, 3.05) is 13.6 Å². The van der Waals surface area contributed by atoms with Gasteiger partial charge in [-0.2, -0.15) is 5.10 Å². The number of likely N-dealkylation sites (N-methyl/N-ethyl adjacent to an activating group) is 1. The van der Waals surface area contributed by atoms with Gasteiger partial charge in [0.15, 0.2) is 5.82 Å². The van der Waals surface area contributed by atoms with Crippen LogP contribution in [0.5, 0.6) is 0 Å². The zero-order chi connectivity index (χ0) is 10.8. The molecule has 1 aromatic heterocycles. The highest BCUT2D eigenvalue weighted by Crippen LogP contribution is 2.25. The van der Waals surface area contributed by atoms with Crippen LogP contribution in [-0.4, -0.2) is 23.4 Å². The van der Waals surface area contributed by atoms with Gasteiger partial charge in [-0.15, -0.1) is 0 Å². The summed E-state index contributed by atoms with van der Waals surface area (Å²) in [7, 11) is 1.87. The van der Waals surface area contributed by atoms with Crippen LogP contribution in [0.15, 0.2) is 22.8 Å². The summed E-state index contributed by atoms with van der Waals surface area (Å²) in [4.78, 5) is 0. The molecular formula is C10H11BrFN3. The summed E-state index contributed by atoms with van der Waals surface area (Å²) in [6, 6.07) is 4.96. The van der Waals surface area contributed by atoms with Gasteiger partial charge in [-0.05, 0) is 35.1 Å². The van der Waals surface area contributed by atoms with E-state index in [1.165, 1.54) is 6.07 Å². The molecule has 0 spiro atoms. The number of hydrogen-bond acceptors (Lipinski definition) is 2. The number of rotatable bonds is 3. The van der Waals surface area contributed by atoms with Gasteiger partial charge in [-0.3, -0.25) is 4.68 Å². The largest absolute Gasteiger partial charge is 0.318 e. The maximum Gasteiger partial charge on any atom is 0.151 e. The first-order chi connectivity index (χ1) is 7.24. The summed E-state index contributed by atoms with van der Waals surface area (Å²) in [6.07, 6.45) is 0. The number of nitrogens with one attached hydrogen (secondary N) is 1. The molecule has 5 heteroatoms. The van der Waals surface area contributed by atoms with Crippen molar-refractivity contribution >= 4 is 26.8 Å². The second-order valence-electron chi connectivity index (χ2n) is 3.25. The first kappa shape index (κ1) is 10.6. The topological polar surface area (TPSA) is 29.9 Å². The molecular weight excluding hydrogens is 261 g/mol. The minimum Gasteiger partial charge on any atom is -0.318 e. The lowest BCUT2D eigenvalue weighted by atomic mass is 10.2. The molecule has 0 saturated heterocycles. The van der Waals surface area contributed by atoms with E-state index in [1.54, 1.807) is 10.7 Å². The van der Waals surface area contributed by atoms with E-state index in [0.29, 0.717) is 12.1 Å². The van der Waals surface area contributed by atoms with Crippen molar-refractivity contribution in [3.63, 3.8) is 0 Å². The van der Waals surface area contributed by atoms with Crippen molar-refractivity contribution in [1.82, 2.24) is 15.1 Å². The van der Waals surface area contributed by atoms with Gasteiger partial charge in [-0.25, -0.2) is 4.39 Å². The Balaban J connectivity index is 2.49. The number of halogens is 2. The molecule has 1 aromatic carbocycles. The Morgan fingerprint density at radius 1 is 1.53 bits per heavy atom. The predicted molar refractivity (Wildman–Crippen MR) is 61.3 cm³/mol. The van der Waals surface area contributed by atoms with Gasteiger partial charge >= 0.3 is 0 Å². The lowest BCUT2D eigenvalue weighted by Crippen LogP contribution is -2.15.